The van der Waals surface area contributed by atoms with Gasteiger partial charge in [0.15, 0.2) is 0 Å². The maximum absolute atomic E-state index is 11.3. The van der Waals surface area contributed by atoms with Gasteiger partial charge in [-0.1, -0.05) is 20.8 Å². The average Bonchev–Trinajstić information content (AvgIpc) is 2.99. The lowest BCUT2D eigenvalue weighted by Crippen LogP contribution is -2.58. The van der Waals surface area contributed by atoms with Crippen molar-refractivity contribution in [3.05, 3.63) is 0 Å². The standard InChI is InChI=1S/C24H42O5S/c1-15(5-4-12-30(27,28)29)18-6-7-19-22-20(9-11-24(18,19)3)23(2)10-8-17(25)13-16(23)14-21(22)26/h15-22,25-26H,4-14H2,1-3H3,(H,27,28,29)/t15-,16?,17?,18-,19+,20+,21?,22+,23+,24-/m1/s1. The summed E-state index contributed by atoms with van der Waals surface area (Å²) in [6, 6.07) is 0. The molecule has 0 aromatic rings. The molecule has 4 aliphatic rings. The Bertz CT molecular complexity index is 738. The first-order valence-electron chi connectivity index (χ1n) is 12.3. The Balaban J connectivity index is 1.50. The molecule has 0 aromatic heterocycles. The molecule has 10 atom stereocenters. The summed E-state index contributed by atoms with van der Waals surface area (Å²) in [6.07, 6.45) is 9.31. The highest BCUT2D eigenvalue weighted by molar-refractivity contribution is 7.85. The highest BCUT2D eigenvalue weighted by Gasteiger charge is 2.62. The van der Waals surface area contributed by atoms with Crippen LogP contribution in [-0.4, -0.2) is 41.1 Å². The minimum atomic E-state index is -3.88. The molecule has 4 fully saturated rings. The van der Waals surface area contributed by atoms with Gasteiger partial charge < -0.3 is 10.2 Å². The maximum atomic E-state index is 11.3. The molecular weight excluding hydrogens is 400 g/mol. The van der Waals surface area contributed by atoms with Crippen molar-refractivity contribution in [1.29, 1.82) is 0 Å². The van der Waals surface area contributed by atoms with Crippen LogP contribution in [0.1, 0.15) is 85.0 Å². The van der Waals surface area contributed by atoms with Crippen LogP contribution in [0.2, 0.25) is 0 Å². The fourth-order valence-electron chi connectivity index (χ4n) is 8.96. The van der Waals surface area contributed by atoms with Crippen molar-refractivity contribution in [2.24, 2.45) is 46.3 Å². The molecule has 5 nitrogen and oxygen atoms in total. The summed E-state index contributed by atoms with van der Waals surface area (Å²) in [7, 11) is -3.88. The van der Waals surface area contributed by atoms with E-state index < -0.39 is 10.1 Å². The first kappa shape index (κ1) is 23.0. The molecule has 0 saturated heterocycles. The Morgan fingerprint density at radius 2 is 1.63 bits per heavy atom. The molecule has 0 amide bonds. The molecule has 0 bridgehead atoms. The van der Waals surface area contributed by atoms with E-state index in [0.29, 0.717) is 41.9 Å². The van der Waals surface area contributed by atoms with Gasteiger partial charge >= 0.3 is 0 Å². The van der Waals surface area contributed by atoms with Crippen molar-refractivity contribution in [2.75, 3.05) is 5.75 Å². The average molecular weight is 443 g/mol. The van der Waals surface area contributed by atoms with Gasteiger partial charge in [-0.3, -0.25) is 4.55 Å². The highest BCUT2D eigenvalue weighted by Crippen LogP contribution is 2.68. The number of hydrogen-bond acceptors (Lipinski definition) is 4. The summed E-state index contributed by atoms with van der Waals surface area (Å²) >= 11 is 0. The summed E-state index contributed by atoms with van der Waals surface area (Å²) < 4.78 is 31.2. The van der Waals surface area contributed by atoms with Crippen LogP contribution in [0.4, 0.5) is 0 Å². The van der Waals surface area contributed by atoms with Gasteiger partial charge in [0.05, 0.1) is 18.0 Å². The molecule has 4 rings (SSSR count). The maximum Gasteiger partial charge on any atom is 0.264 e. The van der Waals surface area contributed by atoms with E-state index >= 15 is 0 Å². The normalized spacial score (nSPS) is 49.7. The predicted octanol–water partition coefficient (Wildman–Crippen LogP) is 4.28. The van der Waals surface area contributed by atoms with Crippen molar-refractivity contribution >= 4 is 10.1 Å². The molecule has 30 heavy (non-hydrogen) atoms. The van der Waals surface area contributed by atoms with Gasteiger partial charge in [-0.2, -0.15) is 8.42 Å². The zero-order valence-corrected chi connectivity index (χ0v) is 19.8. The van der Waals surface area contributed by atoms with Crippen molar-refractivity contribution in [3.8, 4) is 0 Å². The molecule has 3 N–H and O–H groups in total. The zero-order chi connectivity index (χ0) is 21.9. The minimum Gasteiger partial charge on any atom is -0.393 e. The molecule has 4 saturated carbocycles. The quantitative estimate of drug-likeness (QED) is 0.552. The Morgan fingerprint density at radius 1 is 0.967 bits per heavy atom. The van der Waals surface area contributed by atoms with Crippen LogP contribution in [0.5, 0.6) is 0 Å². The minimum absolute atomic E-state index is 0.140. The van der Waals surface area contributed by atoms with E-state index in [1.54, 1.807) is 0 Å². The SMILES string of the molecule is C[C@H](CCCS(=O)(=O)O)[C@H]1CC[C@H]2[C@@H]3C(O)CC4CC(O)CC[C@]4(C)[C@H]3CC[C@]12C. The molecule has 174 valence electrons. The fraction of sp³-hybridized carbons (Fsp3) is 1.00. The summed E-state index contributed by atoms with van der Waals surface area (Å²) in [5.41, 5.74) is 0.473. The second kappa shape index (κ2) is 8.00. The van der Waals surface area contributed by atoms with Crippen LogP contribution < -0.4 is 0 Å². The third-order valence-electron chi connectivity index (χ3n) is 10.5. The van der Waals surface area contributed by atoms with Gasteiger partial charge in [0, 0.05) is 0 Å². The number of fused-ring (bicyclic) bond motifs is 5. The molecular formula is C24H42O5S. The largest absolute Gasteiger partial charge is 0.393 e. The van der Waals surface area contributed by atoms with E-state index in [4.69, 9.17) is 4.55 Å². The number of aliphatic hydroxyl groups is 2. The Morgan fingerprint density at radius 3 is 2.33 bits per heavy atom. The summed E-state index contributed by atoms with van der Waals surface area (Å²) in [6.45, 7) is 7.14. The third kappa shape index (κ3) is 3.88. The Hall–Kier alpha value is -0.170. The van der Waals surface area contributed by atoms with E-state index in [0.717, 1.165) is 32.1 Å². The number of aliphatic hydroxyl groups excluding tert-OH is 2. The number of hydrogen-bond donors (Lipinski definition) is 3. The van der Waals surface area contributed by atoms with Crippen molar-refractivity contribution in [1.82, 2.24) is 0 Å². The van der Waals surface area contributed by atoms with Gasteiger partial charge in [0.25, 0.3) is 10.1 Å². The lowest BCUT2D eigenvalue weighted by Gasteiger charge is -2.62. The van der Waals surface area contributed by atoms with E-state index in [-0.39, 0.29) is 28.8 Å². The van der Waals surface area contributed by atoms with Gasteiger partial charge in [-0.25, -0.2) is 0 Å². The fourth-order valence-corrected chi connectivity index (χ4v) is 9.50. The molecule has 0 aliphatic heterocycles. The van der Waals surface area contributed by atoms with Gasteiger partial charge in [0.2, 0.25) is 0 Å². The van der Waals surface area contributed by atoms with Crippen LogP contribution in [-0.2, 0) is 10.1 Å². The van der Waals surface area contributed by atoms with Crippen LogP contribution >= 0.6 is 0 Å². The van der Waals surface area contributed by atoms with E-state index in [1.807, 2.05) is 0 Å². The van der Waals surface area contributed by atoms with Crippen LogP contribution in [0.25, 0.3) is 0 Å². The summed E-state index contributed by atoms with van der Waals surface area (Å²) in [5.74, 6) is 2.78. The van der Waals surface area contributed by atoms with E-state index in [1.165, 1.54) is 25.7 Å². The molecule has 0 aromatic carbocycles. The van der Waals surface area contributed by atoms with Crippen molar-refractivity contribution in [2.45, 2.75) is 97.2 Å². The first-order valence-corrected chi connectivity index (χ1v) is 13.9. The topological polar surface area (TPSA) is 94.8 Å². The van der Waals surface area contributed by atoms with E-state index in [9.17, 15) is 18.6 Å². The molecule has 0 spiro atoms. The molecule has 4 aliphatic carbocycles. The summed E-state index contributed by atoms with van der Waals surface area (Å²) in [5, 5.41) is 21.5. The van der Waals surface area contributed by atoms with Crippen molar-refractivity contribution < 1.29 is 23.2 Å². The highest BCUT2D eigenvalue weighted by atomic mass is 32.2. The second-order valence-electron chi connectivity index (χ2n) is 11.9. The number of rotatable bonds is 5. The van der Waals surface area contributed by atoms with Crippen molar-refractivity contribution in [3.63, 3.8) is 0 Å². The predicted molar refractivity (Wildman–Crippen MR) is 117 cm³/mol. The first-order chi connectivity index (χ1) is 14.0. The monoisotopic (exact) mass is 442 g/mol. The molecule has 3 unspecified atom stereocenters. The Kier molecular flexibility index (Phi) is 6.13. The van der Waals surface area contributed by atoms with Crippen LogP contribution in [0.3, 0.4) is 0 Å². The Labute approximate surface area is 182 Å². The smallest absolute Gasteiger partial charge is 0.264 e. The molecule has 6 heteroatoms. The third-order valence-corrected chi connectivity index (χ3v) is 11.3. The van der Waals surface area contributed by atoms with Gasteiger partial charge in [-0.05, 0) is 111 Å². The second-order valence-corrected chi connectivity index (χ2v) is 13.4. The summed E-state index contributed by atoms with van der Waals surface area (Å²) in [4.78, 5) is 0. The van der Waals surface area contributed by atoms with Crippen LogP contribution in [0.15, 0.2) is 0 Å². The molecule has 0 radical (unpaired) electrons. The zero-order valence-electron chi connectivity index (χ0n) is 19.0. The van der Waals surface area contributed by atoms with E-state index in [2.05, 4.69) is 20.8 Å². The van der Waals surface area contributed by atoms with Crippen LogP contribution in [0, 0.1) is 46.3 Å². The molecule has 0 heterocycles. The van der Waals surface area contributed by atoms with Gasteiger partial charge in [0.1, 0.15) is 0 Å². The lowest BCUT2D eigenvalue weighted by molar-refractivity contribution is -0.174. The van der Waals surface area contributed by atoms with Gasteiger partial charge in [-0.15, -0.1) is 0 Å². The lowest BCUT2D eigenvalue weighted by atomic mass is 9.43.